The molecule has 0 aliphatic carbocycles. The number of carbonyl (C=O) groups is 1. The van der Waals surface area contributed by atoms with Crippen molar-refractivity contribution >= 4 is 28.9 Å². The van der Waals surface area contributed by atoms with Gasteiger partial charge in [-0.25, -0.2) is 0 Å². The van der Waals surface area contributed by atoms with Gasteiger partial charge in [0.2, 0.25) is 5.69 Å². The zero-order chi connectivity index (χ0) is 14.7. The summed E-state index contributed by atoms with van der Waals surface area (Å²) in [5.41, 5.74) is 4.90. The van der Waals surface area contributed by atoms with Crippen LogP contribution in [0.5, 0.6) is 0 Å². The van der Waals surface area contributed by atoms with E-state index >= 15 is 0 Å². The van der Waals surface area contributed by atoms with Crippen molar-refractivity contribution in [3.05, 3.63) is 50.8 Å². The lowest BCUT2D eigenvalue weighted by Gasteiger charge is -2.08. The minimum atomic E-state index is -0.735. The van der Waals surface area contributed by atoms with Crippen LogP contribution in [-0.2, 0) is 0 Å². The molecule has 0 aliphatic heterocycles. The third-order valence-electron chi connectivity index (χ3n) is 2.50. The molecular weight excluding hydrogens is 286 g/mol. The zero-order valence-corrected chi connectivity index (χ0v) is 11.1. The molecule has 1 heterocycles. The standard InChI is InChI=1S/C11H10ClN5O3/c1-6-10(17(19)20)9(15-13-6)11(18)16-14-8-5-3-2-4-7(8)12/h2-5,14H,1H3,(H,13,15)(H,16,18). The summed E-state index contributed by atoms with van der Waals surface area (Å²) in [6.45, 7) is 1.46. The Morgan fingerprint density at radius 1 is 1.45 bits per heavy atom. The van der Waals surface area contributed by atoms with E-state index in [1.165, 1.54) is 6.92 Å². The Bertz CT molecular complexity index is 670. The lowest BCUT2D eigenvalue weighted by atomic mass is 10.3. The zero-order valence-electron chi connectivity index (χ0n) is 10.3. The van der Waals surface area contributed by atoms with Crippen molar-refractivity contribution in [1.29, 1.82) is 0 Å². The highest BCUT2D eigenvalue weighted by Gasteiger charge is 2.27. The van der Waals surface area contributed by atoms with Gasteiger partial charge >= 0.3 is 5.69 Å². The second kappa shape index (κ2) is 5.57. The summed E-state index contributed by atoms with van der Waals surface area (Å²) < 4.78 is 0. The number of nitrogens with one attached hydrogen (secondary N) is 3. The molecular formula is C11H10ClN5O3. The molecule has 0 spiro atoms. The second-order valence-electron chi connectivity index (χ2n) is 3.86. The molecule has 0 aliphatic rings. The normalized spacial score (nSPS) is 10.1. The van der Waals surface area contributed by atoms with E-state index < -0.39 is 10.8 Å². The maximum Gasteiger partial charge on any atom is 0.322 e. The molecule has 9 heteroatoms. The minimum absolute atomic E-state index is 0.206. The van der Waals surface area contributed by atoms with Gasteiger partial charge in [0.1, 0.15) is 5.69 Å². The van der Waals surface area contributed by atoms with E-state index in [0.717, 1.165) is 0 Å². The van der Waals surface area contributed by atoms with Gasteiger partial charge in [-0.15, -0.1) is 0 Å². The number of aryl methyl sites for hydroxylation is 1. The highest BCUT2D eigenvalue weighted by Crippen LogP contribution is 2.21. The molecule has 1 amide bonds. The van der Waals surface area contributed by atoms with Crippen LogP contribution in [0.15, 0.2) is 24.3 Å². The lowest BCUT2D eigenvalue weighted by molar-refractivity contribution is -0.385. The Labute approximate surface area is 118 Å². The van der Waals surface area contributed by atoms with Crippen LogP contribution < -0.4 is 10.9 Å². The SMILES string of the molecule is Cc1[nH]nc(C(=O)NNc2ccccc2Cl)c1[N+](=O)[O-]. The number of amides is 1. The molecule has 0 atom stereocenters. The molecule has 1 aromatic heterocycles. The molecule has 1 aromatic carbocycles. The number of aromatic amines is 1. The summed E-state index contributed by atoms with van der Waals surface area (Å²) >= 11 is 5.90. The fourth-order valence-corrected chi connectivity index (χ4v) is 1.73. The maximum absolute atomic E-state index is 11.9. The van der Waals surface area contributed by atoms with Crippen LogP contribution in [0, 0.1) is 17.0 Å². The third kappa shape index (κ3) is 2.69. The van der Waals surface area contributed by atoms with Gasteiger partial charge in [0.25, 0.3) is 5.91 Å². The van der Waals surface area contributed by atoms with Crippen molar-refractivity contribution in [2.45, 2.75) is 6.92 Å². The van der Waals surface area contributed by atoms with E-state index in [4.69, 9.17) is 11.6 Å². The molecule has 0 fully saturated rings. The molecule has 0 radical (unpaired) electrons. The summed E-state index contributed by atoms with van der Waals surface area (Å²) in [5, 5.41) is 17.3. The Kier molecular flexibility index (Phi) is 3.85. The largest absolute Gasteiger partial charge is 0.322 e. The lowest BCUT2D eigenvalue weighted by Crippen LogP contribution is -2.30. The van der Waals surface area contributed by atoms with Gasteiger partial charge in [-0.05, 0) is 19.1 Å². The summed E-state index contributed by atoms with van der Waals surface area (Å²) in [5.74, 6) is -0.735. The number of nitrogens with zero attached hydrogens (tertiary/aromatic N) is 2. The number of benzene rings is 1. The highest BCUT2D eigenvalue weighted by atomic mass is 35.5. The number of H-pyrrole nitrogens is 1. The molecule has 8 nitrogen and oxygen atoms in total. The van der Waals surface area contributed by atoms with Gasteiger partial charge in [0.05, 0.1) is 15.6 Å². The van der Waals surface area contributed by atoms with Gasteiger partial charge < -0.3 is 0 Å². The monoisotopic (exact) mass is 295 g/mol. The van der Waals surface area contributed by atoms with Crippen LogP contribution in [-0.4, -0.2) is 21.0 Å². The van der Waals surface area contributed by atoms with Gasteiger partial charge in [-0.1, -0.05) is 23.7 Å². The summed E-state index contributed by atoms with van der Waals surface area (Å²) in [6.07, 6.45) is 0. The van der Waals surface area contributed by atoms with Gasteiger partial charge in [0.15, 0.2) is 0 Å². The molecule has 0 saturated heterocycles. The third-order valence-corrected chi connectivity index (χ3v) is 2.83. The van der Waals surface area contributed by atoms with Crippen molar-refractivity contribution in [1.82, 2.24) is 15.6 Å². The first-order chi connectivity index (χ1) is 9.50. The topological polar surface area (TPSA) is 113 Å². The first-order valence-corrected chi connectivity index (χ1v) is 5.88. The number of rotatable bonds is 4. The van der Waals surface area contributed by atoms with Gasteiger partial charge in [-0.2, -0.15) is 5.10 Å². The summed E-state index contributed by atoms with van der Waals surface area (Å²) in [7, 11) is 0. The molecule has 2 rings (SSSR count). The molecule has 0 saturated carbocycles. The fraction of sp³-hybridized carbons (Fsp3) is 0.0909. The predicted octanol–water partition coefficient (Wildman–Crippen LogP) is 2.04. The van der Waals surface area contributed by atoms with Crippen molar-refractivity contribution in [3.63, 3.8) is 0 Å². The molecule has 0 bridgehead atoms. The number of hydrazine groups is 1. The molecule has 0 unspecified atom stereocenters. The Morgan fingerprint density at radius 3 is 2.80 bits per heavy atom. The van der Waals surface area contributed by atoms with Crippen LogP contribution in [0.3, 0.4) is 0 Å². The number of para-hydroxylation sites is 1. The van der Waals surface area contributed by atoms with Crippen molar-refractivity contribution in [2.75, 3.05) is 5.43 Å². The highest BCUT2D eigenvalue weighted by molar-refractivity contribution is 6.33. The number of anilines is 1. The minimum Gasteiger partial charge on any atom is -0.297 e. The molecule has 104 valence electrons. The number of halogens is 1. The van der Waals surface area contributed by atoms with Crippen LogP contribution in [0.2, 0.25) is 5.02 Å². The number of hydrogen-bond donors (Lipinski definition) is 3. The van der Waals surface area contributed by atoms with Crippen LogP contribution >= 0.6 is 11.6 Å². The number of hydrogen-bond acceptors (Lipinski definition) is 5. The van der Waals surface area contributed by atoms with E-state index in [9.17, 15) is 14.9 Å². The summed E-state index contributed by atoms with van der Waals surface area (Å²) in [6, 6.07) is 6.74. The Balaban J connectivity index is 2.14. The van der Waals surface area contributed by atoms with Crippen molar-refractivity contribution in [2.24, 2.45) is 0 Å². The van der Waals surface area contributed by atoms with E-state index in [0.29, 0.717) is 10.7 Å². The fourth-order valence-electron chi connectivity index (χ4n) is 1.55. The molecule has 3 N–H and O–H groups in total. The first-order valence-electron chi connectivity index (χ1n) is 5.51. The van der Waals surface area contributed by atoms with Crippen molar-refractivity contribution < 1.29 is 9.72 Å². The quantitative estimate of drug-likeness (QED) is 0.590. The van der Waals surface area contributed by atoms with Gasteiger partial charge in [0, 0.05) is 0 Å². The van der Waals surface area contributed by atoms with E-state index in [2.05, 4.69) is 21.0 Å². The Hall–Kier alpha value is -2.61. The Morgan fingerprint density at radius 2 is 2.15 bits per heavy atom. The number of aromatic nitrogens is 2. The smallest absolute Gasteiger partial charge is 0.297 e. The summed E-state index contributed by atoms with van der Waals surface area (Å²) in [4.78, 5) is 22.1. The van der Waals surface area contributed by atoms with E-state index in [1.807, 2.05) is 0 Å². The number of carbonyl (C=O) groups excluding carboxylic acids is 1. The molecule has 20 heavy (non-hydrogen) atoms. The molecule has 2 aromatic rings. The second-order valence-corrected chi connectivity index (χ2v) is 4.27. The predicted molar refractivity (Wildman–Crippen MR) is 72.5 cm³/mol. The van der Waals surface area contributed by atoms with E-state index in [1.54, 1.807) is 24.3 Å². The average molecular weight is 296 g/mol. The van der Waals surface area contributed by atoms with Gasteiger partial charge in [-0.3, -0.25) is 30.9 Å². The van der Waals surface area contributed by atoms with Crippen LogP contribution in [0.4, 0.5) is 11.4 Å². The number of nitro groups is 1. The first kappa shape index (κ1) is 13.8. The van der Waals surface area contributed by atoms with Crippen LogP contribution in [0.1, 0.15) is 16.2 Å². The van der Waals surface area contributed by atoms with Crippen LogP contribution in [0.25, 0.3) is 0 Å². The van der Waals surface area contributed by atoms with Crippen molar-refractivity contribution in [3.8, 4) is 0 Å². The maximum atomic E-state index is 11.9. The average Bonchev–Trinajstić information content (AvgIpc) is 2.79. The van der Waals surface area contributed by atoms with E-state index in [-0.39, 0.29) is 17.1 Å².